The Labute approximate surface area is 103 Å². The first-order valence-electron chi connectivity index (χ1n) is 5.95. The highest BCUT2D eigenvalue weighted by Gasteiger charge is 2.12. The minimum Gasteiger partial charge on any atom is -0.367 e. The maximum atomic E-state index is 9.14. The molecule has 0 aliphatic rings. The van der Waals surface area contributed by atoms with E-state index in [1.54, 1.807) is 0 Å². The van der Waals surface area contributed by atoms with Crippen LogP contribution in [0.4, 0.5) is 5.82 Å². The topological polar surface area (TPSA) is 61.6 Å². The molecular formula is C13H20N4. The van der Waals surface area contributed by atoms with E-state index in [1.165, 1.54) is 0 Å². The van der Waals surface area contributed by atoms with Crippen LogP contribution in [-0.2, 0) is 0 Å². The third-order valence-corrected chi connectivity index (χ3v) is 3.30. The Kier molecular flexibility index (Phi) is 4.45. The largest absolute Gasteiger partial charge is 0.367 e. The van der Waals surface area contributed by atoms with Gasteiger partial charge in [0.05, 0.1) is 5.69 Å². The molecule has 1 aromatic rings. The van der Waals surface area contributed by atoms with Gasteiger partial charge in [0.1, 0.15) is 11.6 Å². The summed E-state index contributed by atoms with van der Waals surface area (Å²) in [5.74, 6) is 1.74. The Morgan fingerprint density at radius 1 is 1.24 bits per heavy atom. The molecule has 0 bridgehead atoms. The lowest BCUT2D eigenvalue weighted by molar-refractivity contribution is 0.439. The lowest BCUT2D eigenvalue weighted by atomic mass is 9.98. The van der Waals surface area contributed by atoms with E-state index in [1.807, 2.05) is 13.8 Å². The van der Waals surface area contributed by atoms with E-state index in [4.69, 9.17) is 5.26 Å². The van der Waals surface area contributed by atoms with Crippen molar-refractivity contribution in [1.29, 1.82) is 5.26 Å². The summed E-state index contributed by atoms with van der Waals surface area (Å²) < 4.78 is 0. The minimum atomic E-state index is 0.532. The number of nitrogens with one attached hydrogen (secondary N) is 1. The predicted molar refractivity (Wildman–Crippen MR) is 68.7 cm³/mol. The average molecular weight is 232 g/mol. The van der Waals surface area contributed by atoms with E-state index in [2.05, 4.69) is 42.4 Å². The van der Waals surface area contributed by atoms with Crippen LogP contribution in [0.2, 0.25) is 0 Å². The van der Waals surface area contributed by atoms with Crippen LogP contribution in [0.3, 0.4) is 0 Å². The summed E-state index contributed by atoms with van der Waals surface area (Å²) in [5.41, 5.74) is 2.32. The molecule has 1 aromatic heterocycles. The van der Waals surface area contributed by atoms with Crippen molar-refractivity contribution in [2.75, 3.05) is 11.9 Å². The third kappa shape index (κ3) is 3.16. The molecule has 1 heterocycles. The molecule has 92 valence electrons. The van der Waals surface area contributed by atoms with Crippen molar-refractivity contribution in [2.45, 2.75) is 34.6 Å². The van der Waals surface area contributed by atoms with Crippen LogP contribution >= 0.6 is 0 Å². The molecule has 1 N–H and O–H groups in total. The summed E-state index contributed by atoms with van der Waals surface area (Å²) in [5, 5.41) is 20.5. The van der Waals surface area contributed by atoms with Crippen LogP contribution in [0.5, 0.6) is 0 Å². The SMILES string of the molecule is Cc1nnc(NCC(C)C(C)C)c(C#N)c1C. The average Bonchev–Trinajstić information content (AvgIpc) is 2.30. The van der Waals surface area contributed by atoms with Gasteiger partial charge < -0.3 is 5.32 Å². The van der Waals surface area contributed by atoms with Crippen LogP contribution in [-0.4, -0.2) is 16.7 Å². The molecule has 0 spiro atoms. The smallest absolute Gasteiger partial charge is 0.166 e. The fourth-order valence-electron chi connectivity index (χ4n) is 1.36. The number of hydrogen-bond acceptors (Lipinski definition) is 4. The molecular weight excluding hydrogens is 212 g/mol. The molecule has 0 saturated carbocycles. The molecule has 0 saturated heterocycles. The van der Waals surface area contributed by atoms with Gasteiger partial charge in [0.15, 0.2) is 5.82 Å². The summed E-state index contributed by atoms with van der Waals surface area (Å²) in [4.78, 5) is 0. The summed E-state index contributed by atoms with van der Waals surface area (Å²) in [6.45, 7) is 11.1. The fraction of sp³-hybridized carbons (Fsp3) is 0.615. The molecule has 4 nitrogen and oxygen atoms in total. The van der Waals surface area contributed by atoms with Crippen LogP contribution < -0.4 is 5.32 Å². The monoisotopic (exact) mass is 232 g/mol. The predicted octanol–water partition coefficient (Wildman–Crippen LogP) is 2.67. The van der Waals surface area contributed by atoms with E-state index in [9.17, 15) is 0 Å². The Morgan fingerprint density at radius 2 is 1.88 bits per heavy atom. The quantitative estimate of drug-likeness (QED) is 0.867. The summed E-state index contributed by atoms with van der Waals surface area (Å²) in [7, 11) is 0. The van der Waals surface area contributed by atoms with Crippen LogP contribution in [0.25, 0.3) is 0 Å². The maximum Gasteiger partial charge on any atom is 0.166 e. The second kappa shape index (κ2) is 5.62. The molecule has 1 atom stereocenters. The number of aromatic nitrogens is 2. The van der Waals surface area contributed by atoms with Crippen LogP contribution in [0, 0.1) is 37.0 Å². The van der Waals surface area contributed by atoms with Gasteiger partial charge >= 0.3 is 0 Å². The molecule has 0 aliphatic heterocycles. The third-order valence-electron chi connectivity index (χ3n) is 3.30. The van der Waals surface area contributed by atoms with Crippen molar-refractivity contribution >= 4 is 5.82 Å². The summed E-state index contributed by atoms with van der Waals surface area (Å²) in [6.07, 6.45) is 0. The van der Waals surface area contributed by atoms with Crippen molar-refractivity contribution in [3.8, 4) is 6.07 Å². The van der Waals surface area contributed by atoms with Gasteiger partial charge in [0.25, 0.3) is 0 Å². The zero-order valence-electron chi connectivity index (χ0n) is 11.2. The van der Waals surface area contributed by atoms with Crippen molar-refractivity contribution in [2.24, 2.45) is 11.8 Å². The number of aryl methyl sites for hydroxylation is 1. The van der Waals surface area contributed by atoms with Gasteiger partial charge in [-0.3, -0.25) is 0 Å². The molecule has 0 radical (unpaired) electrons. The van der Waals surface area contributed by atoms with Crippen LogP contribution in [0.15, 0.2) is 0 Å². The molecule has 0 amide bonds. The highest BCUT2D eigenvalue weighted by molar-refractivity contribution is 5.55. The van der Waals surface area contributed by atoms with Gasteiger partial charge in [-0.25, -0.2) is 0 Å². The number of nitriles is 1. The normalized spacial score (nSPS) is 12.3. The second-order valence-corrected chi connectivity index (χ2v) is 4.85. The van der Waals surface area contributed by atoms with E-state index in [0.717, 1.165) is 17.8 Å². The Morgan fingerprint density at radius 3 is 2.41 bits per heavy atom. The molecule has 1 rings (SSSR count). The maximum absolute atomic E-state index is 9.14. The number of anilines is 1. The first-order chi connectivity index (χ1) is 7.97. The van der Waals surface area contributed by atoms with Crippen molar-refractivity contribution in [3.63, 3.8) is 0 Å². The fourth-order valence-corrected chi connectivity index (χ4v) is 1.36. The highest BCUT2D eigenvalue weighted by Crippen LogP contribution is 2.18. The lowest BCUT2D eigenvalue weighted by Crippen LogP contribution is -2.18. The van der Waals surface area contributed by atoms with E-state index < -0.39 is 0 Å². The van der Waals surface area contributed by atoms with E-state index in [0.29, 0.717) is 23.2 Å². The minimum absolute atomic E-state index is 0.532. The molecule has 17 heavy (non-hydrogen) atoms. The standard InChI is InChI=1S/C13H20N4/c1-8(2)9(3)7-15-13-12(6-14)10(4)11(5)16-17-13/h8-9H,7H2,1-5H3,(H,15,17). The van der Waals surface area contributed by atoms with Gasteiger partial charge in [0, 0.05) is 6.54 Å². The molecule has 0 aromatic carbocycles. The Hall–Kier alpha value is -1.63. The number of hydrogen-bond donors (Lipinski definition) is 1. The van der Waals surface area contributed by atoms with Crippen molar-refractivity contribution < 1.29 is 0 Å². The molecule has 4 heteroatoms. The zero-order valence-corrected chi connectivity index (χ0v) is 11.2. The Bertz CT molecular complexity index is 432. The molecule has 0 aliphatic carbocycles. The van der Waals surface area contributed by atoms with E-state index >= 15 is 0 Å². The van der Waals surface area contributed by atoms with Gasteiger partial charge in [-0.15, -0.1) is 5.10 Å². The lowest BCUT2D eigenvalue weighted by Gasteiger charge is -2.17. The van der Waals surface area contributed by atoms with Gasteiger partial charge in [-0.2, -0.15) is 10.4 Å². The van der Waals surface area contributed by atoms with Crippen molar-refractivity contribution in [1.82, 2.24) is 10.2 Å². The zero-order chi connectivity index (χ0) is 13.0. The second-order valence-electron chi connectivity index (χ2n) is 4.85. The van der Waals surface area contributed by atoms with E-state index in [-0.39, 0.29) is 0 Å². The van der Waals surface area contributed by atoms with Gasteiger partial charge in [0.2, 0.25) is 0 Å². The van der Waals surface area contributed by atoms with Crippen molar-refractivity contribution in [3.05, 3.63) is 16.8 Å². The van der Waals surface area contributed by atoms with Gasteiger partial charge in [-0.1, -0.05) is 20.8 Å². The first-order valence-corrected chi connectivity index (χ1v) is 5.95. The summed E-state index contributed by atoms with van der Waals surface area (Å²) >= 11 is 0. The summed E-state index contributed by atoms with van der Waals surface area (Å²) in [6, 6.07) is 2.19. The number of nitrogens with zero attached hydrogens (tertiary/aromatic N) is 3. The van der Waals surface area contributed by atoms with Gasteiger partial charge in [-0.05, 0) is 31.2 Å². The van der Waals surface area contributed by atoms with Crippen LogP contribution in [0.1, 0.15) is 37.6 Å². The molecule has 1 unspecified atom stereocenters. The first kappa shape index (κ1) is 13.4. The highest BCUT2D eigenvalue weighted by atomic mass is 15.2. The number of rotatable bonds is 4. The molecule has 0 fully saturated rings. The Balaban J connectivity index is 2.86.